The highest BCUT2D eigenvalue weighted by molar-refractivity contribution is 5.92. The molecular formula is C19H25N3O4. The maximum atomic E-state index is 12.2. The van der Waals surface area contributed by atoms with Crippen LogP contribution in [0.3, 0.4) is 0 Å². The number of para-hydroxylation sites is 1. The quantitative estimate of drug-likeness (QED) is 0.769. The number of amides is 1. The fourth-order valence-electron chi connectivity index (χ4n) is 2.15. The molecular weight excluding hydrogens is 334 g/mol. The molecule has 0 unspecified atom stereocenters. The van der Waals surface area contributed by atoms with E-state index in [0.717, 1.165) is 11.4 Å². The Morgan fingerprint density at radius 3 is 2.46 bits per heavy atom. The summed E-state index contributed by atoms with van der Waals surface area (Å²) in [5, 5.41) is 7.37. The van der Waals surface area contributed by atoms with E-state index in [0.29, 0.717) is 12.4 Å². The van der Waals surface area contributed by atoms with Crippen molar-refractivity contribution in [1.82, 2.24) is 9.78 Å². The van der Waals surface area contributed by atoms with Gasteiger partial charge in [-0.3, -0.25) is 4.79 Å². The number of anilines is 1. The number of carbonyl (C=O) groups is 2. The Balaban J connectivity index is 2.13. The molecule has 7 heteroatoms. The van der Waals surface area contributed by atoms with Crippen LogP contribution < -0.4 is 5.32 Å². The summed E-state index contributed by atoms with van der Waals surface area (Å²) < 4.78 is 11.5. The normalized spacial score (nSPS) is 11.2. The first-order valence-corrected chi connectivity index (χ1v) is 8.50. The standard InChI is InChI=1S/C19H25N3O4/c1-5-25-13-18(24)26-12-17(23)20-16-11-15(19(2,3)4)21-22(16)14-9-7-6-8-10-14/h6-11H,5,12-13H2,1-4H3,(H,20,23). The van der Waals surface area contributed by atoms with Crippen LogP contribution in [0.2, 0.25) is 0 Å². The number of benzene rings is 1. The topological polar surface area (TPSA) is 82.4 Å². The summed E-state index contributed by atoms with van der Waals surface area (Å²) in [6.07, 6.45) is 0. The number of carbonyl (C=O) groups excluding carboxylic acids is 2. The summed E-state index contributed by atoms with van der Waals surface area (Å²) in [5.74, 6) is -0.492. The Bertz CT molecular complexity index is 748. The molecule has 7 nitrogen and oxygen atoms in total. The van der Waals surface area contributed by atoms with Gasteiger partial charge < -0.3 is 14.8 Å². The minimum absolute atomic E-state index is 0.167. The monoisotopic (exact) mass is 359 g/mol. The zero-order valence-corrected chi connectivity index (χ0v) is 15.6. The van der Waals surface area contributed by atoms with E-state index in [4.69, 9.17) is 9.47 Å². The van der Waals surface area contributed by atoms with Crippen LogP contribution in [0.25, 0.3) is 5.69 Å². The predicted octanol–water partition coefficient (Wildman–Crippen LogP) is 2.69. The molecule has 0 atom stereocenters. The van der Waals surface area contributed by atoms with Crippen molar-refractivity contribution in [3.8, 4) is 5.69 Å². The molecule has 2 rings (SSSR count). The molecule has 0 spiro atoms. The van der Waals surface area contributed by atoms with E-state index >= 15 is 0 Å². The van der Waals surface area contributed by atoms with Crippen molar-refractivity contribution >= 4 is 17.7 Å². The number of nitrogens with one attached hydrogen (secondary N) is 1. The highest BCUT2D eigenvalue weighted by Crippen LogP contribution is 2.26. The number of esters is 1. The van der Waals surface area contributed by atoms with Crippen molar-refractivity contribution in [2.24, 2.45) is 0 Å². The molecule has 0 bridgehead atoms. The largest absolute Gasteiger partial charge is 0.454 e. The highest BCUT2D eigenvalue weighted by atomic mass is 16.6. The van der Waals surface area contributed by atoms with Gasteiger partial charge in [0.25, 0.3) is 5.91 Å². The third-order valence-electron chi connectivity index (χ3n) is 3.53. The predicted molar refractivity (Wildman–Crippen MR) is 98.3 cm³/mol. The van der Waals surface area contributed by atoms with Gasteiger partial charge in [-0.25, -0.2) is 9.48 Å². The van der Waals surface area contributed by atoms with E-state index in [1.807, 2.05) is 57.2 Å². The van der Waals surface area contributed by atoms with Gasteiger partial charge >= 0.3 is 5.97 Å². The molecule has 140 valence electrons. The van der Waals surface area contributed by atoms with Gasteiger partial charge in [-0.1, -0.05) is 39.0 Å². The van der Waals surface area contributed by atoms with Crippen molar-refractivity contribution in [2.75, 3.05) is 25.1 Å². The third-order valence-corrected chi connectivity index (χ3v) is 3.53. The fourth-order valence-corrected chi connectivity index (χ4v) is 2.15. The van der Waals surface area contributed by atoms with Gasteiger partial charge in [0.05, 0.1) is 11.4 Å². The van der Waals surface area contributed by atoms with Crippen molar-refractivity contribution in [2.45, 2.75) is 33.1 Å². The lowest BCUT2D eigenvalue weighted by molar-refractivity contribution is -0.151. The first kappa shape index (κ1) is 19.7. The summed E-state index contributed by atoms with van der Waals surface area (Å²) in [6.45, 7) is 7.78. The molecule has 0 aliphatic heterocycles. The van der Waals surface area contributed by atoms with E-state index in [1.54, 1.807) is 11.6 Å². The maximum Gasteiger partial charge on any atom is 0.332 e. The SMILES string of the molecule is CCOCC(=O)OCC(=O)Nc1cc(C(C)(C)C)nn1-c1ccccc1. The number of rotatable bonds is 7. The lowest BCUT2D eigenvalue weighted by Crippen LogP contribution is -2.24. The molecule has 0 aliphatic carbocycles. The van der Waals surface area contributed by atoms with Crippen LogP contribution in [0.15, 0.2) is 36.4 Å². The summed E-state index contributed by atoms with van der Waals surface area (Å²) in [7, 11) is 0. The Morgan fingerprint density at radius 1 is 1.15 bits per heavy atom. The van der Waals surface area contributed by atoms with Crippen molar-refractivity contribution < 1.29 is 19.1 Å². The molecule has 1 heterocycles. The molecule has 1 amide bonds. The molecule has 0 aliphatic rings. The summed E-state index contributed by atoms with van der Waals surface area (Å²) in [6, 6.07) is 11.3. The molecule has 1 aromatic carbocycles. The van der Waals surface area contributed by atoms with Crippen LogP contribution in [0, 0.1) is 0 Å². The Kier molecular flexibility index (Phi) is 6.52. The second kappa shape index (κ2) is 8.62. The number of aromatic nitrogens is 2. The molecule has 0 saturated heterocycles. The van der Waals surface area contributed by atoms with Crippen molar-refractivity contribution in [3.63, 3.8) is 0 Å². The Morgan fingerprint density at radius 2 is 1.85 bits per heavy atom. The van der Waals surface area contributed by atoms with Gasteiger partial charge in [-0.15, -0.1) is 0 Å². The average Bonchev–Trinajstić information content (AvgIpc) is 3.03. The van der Waals surface area contributed by atoms with E-state index in [-0.39, 0.29) is 18.6 Å². The van der Waals surface area contributed by atoms with Gasteiger partial charge in [0, 0.05) is 18.1 Å². The third kappa shape index (κ3) is 5.42. The van der Waals surface area contributed by atoms with Crippen LogP contribution in [-0.4, -0.2) is 41.5 Å². The second-order valence-electron chi connectivity index (χ2n) is 6.76. The van der Waals surface area contributed by atoms with Crippen molar-refractivity contribution in [3.05, 3.63) is 42.1 Å². The van der Waals surface area contributed by atoms with E-state index in [1.165, 1.54) is 0 Å². The second-order valence-corrected chi connectivity index (χ2v) is 6.76. The summed E-state index contributed by atoms with van der Waals surface area (Å²) >= 11 is 0. The number of ether oxygens (including phenoxy) is 2. The molecule has 26 heavy (non-hydrogen) atoms. The Labute approximate surface area is 153 Å². The van der Waals surface area contributed by atoms with Crippen LogP contribution in [-0.2, 0) is 24.5 Å². The van der Waals surface area contributed by atoms with Crippen LogP contribution in [0.5, 0.6) is 0 Å². The number of hydrogen-bond acceptors (Lipinski definition) is 5. The van der Waals surface area contributed by atoms with Crippen molar-refractivity contribution in [1.29, 1.82) is 0 Å². The maximum absolute atomic E-state index is 12.2. The van der Waals surface area contributed by atoms with Crippen LogP contribution >= 0.6 is 0 Å². The minimum Gasteiger partial charge on any atom is -0.454 e. The molecule has 0 radical (unpaired) electrons. The van der Waals surface area contributed by atoms with Crippen LogP contribution in [0.4, 0.5) is 5.82 Å². The van der Waals surface area contributed by atoms with E-state index in [2.05, 4.69) is 10.4 Å². The molecule has 0 fully saturated rings. The molecule has 1 aromatic heterocycles. The number of nitrogens with zero attached hydrogens (tertiary/aromatic N) is 2. The van der Waals surface area contributed by atoms with Gasteiger partial charge in [-0.05, 0) is 19.1 Å². The zero-order chi connectivity index (χ0) is 19.2. The van der Waals surface area contributed by atoms with Crippen LogP contribution in [0.1, 0.15) is 33.4 Å². The average molecular weight is 359 g/mol. The Hall–Kier alpha value is -2.67. The van der Waals surface area contributed by atoms with Gasteiger partial charge in [0.1, 0.15) is 12.4 Å². The molecule has 2 aromatic rings. The summed E-state index contributed by atoms with van der Waals surface area (Å²) in [5.41, 5.74) is 1.49. The first-order chi connectivity index (χ1) is 12.3. The van der Waals surface area contributed by atoms with Gasteiger partial charge in [-0.2, -0.15) is 5.10 Å². The van der Waals surface area contributed by atoms with Gasteiger partial charge in [0.2, 0.25) is 0 Å². The zero-order valence-electron chi connectivity index (χ0n) is 15.6. The summed E-state index contributed by atoms with van der Waals surface area (Å²) in [4.78, 5) is 23.6. The first-order valence-electron chi connectivity index (χ1n) is 8.50. The van der Waals surface area contributed by atoms with Gasteiger partial charge in [0.15, 0.2) is 6.61 Å². The molecule has 0 saturated carbocycles. The van der Waals surface area contributed by atoms with E-state index < -0.39 is 11.9 Å². The smallest absolute Gasteiger partial charge is 0.332 e. The minimum atomic E-state index is -0.575. The van der Waals surface area contributed by atoms with E-state index in [9.17, 15) is 9.59 Å². The highest BCUT2D eigenvalue weighted by Gasteiger charge is 2.21. The fraction of sp³-hybridized carbons (Fsp3) is 0.421. The molecule has 1 N–H and O–H groups in total. The number of hydrogen-bond donors (Lipinski definition) is 1. The lowest BCUT2D eigenvalue weighted by Gasteiger charge is -2.14. The lowest BCUT2D eigenvalue weighted by atomic mass is 9.92.